The van der Waals surface area contributed by atoms with Crippen molar-refractivity contribution < 1.29 is 0 Å². The first-order valence-corrected chi connectivity index (χ1v) is 4.11. The van der Waals surface area contributed by atoms with E-state index in [2.05, 4.69) is 31.5 Å². The van der Waals surface area contributed by atoms with Crippen molar-refractivity contribution in [2.75, 3.05) is 0 Å². The van der Waals surface area contributed by atoms with Crippen molar-refractivity contribution in [3.8, 4) is 0 Å². The highest BCUT2D eigenvalue weighted by Gasteiger charge is 2.01. The van der Waals surface area contributed by atoms with Gasteiger partial charge in [-0.3, -0.25) is 0 Å². The molecule has 0 saturated carbocycles. The summed E-state index contributed by atoms with van der Waals surface area (Å²) in [6.45, 7) is 4.26. The van der Waals surface area contributed by atoms with E-state index in [9.17, 15) is 0 Å². The van der Waals surface area contributed by atoms with Gasteiger partial charge in [-0.2, -0.15) is 0 Å². The molecular weight excluding hydrogens is 150 g/mol. The van der Waals surface area contributed by atoms with Gasteiger partial charge in [0.15, 0.2) is 0 Å². The topological polar surface area (TPSA) is 12.9 Å². The fourth-order valence-corrected chi connectivity index (χ4v) is 1.54. The maximum absolute atomic E-state index is 4.16. The highest BCUT2D eigenvalue weighted by atomic mass is 32.2. The monoisotopic (exact) mass is 159 g/mol. The molecule has 1 rings (SSSR count). The molecule has 0 aromatic carbocycles. The summed E-state index contributed by atoms with van der Waals surface area (Å²) in [5, 5.41) is 1.17. The van der Waals surface area contributed by atoms with E-state index in [0.717, 1.165) is 4.21 Å². The van der Waals surface area contributed by atoms with Crippen LogP contribution in [0.15, 0.2) is 10.4 Å². The molecule has 3 heteroatoms. The molecule has 1 heterocycles. The van der Waals surface area contributed by atoms with Crippen LogP contribution in [0, 0.1) is 0 Å². The van der Waals surface area contributed by atoms with Crippen LogP contribution in [0.3, 0.4) is 0 Å². The van der Waals surface area contributed by atoms with Crippen LogP contribution in [-0.2, 0) is 0 Å². The largest absolute Gasteiger partial charge is 0.248 e. The van der Waals surface area contributed by atoms with Crippen LogP contribution in [0.1, 0.15) is 24.8 Å². The van der Waals surface area contributed by atoms with Crippen molar-refractivity contribution in [2.45, 2.75) is 24.0 Å². The summed E-state index contributed by atoms with van der Waals surface area (Å²) in [6.07, 6.45) is 1.79. The van der Waals surface area contributed by atoms with Crippen molar-refractivity contribution >= 4 is 24.0 Å². The zero-order chi connectivity index (χ0) is 6.85. The number of nitrogens with zero attached hydrogens (tertiary/aromatic N) is 1. The molecule has 0 aliphatic heterocycles. The molecule has 0 spiro atoms. The van der Waals surface area contributed by atoms with E-state index in [1.807, 2.05) is 0 Å². The smallest absolute Gasteiger partial charge is 0.0961 e. The lowest BCUT2D eigenvalue weighted by atomic mass is 10.2. The van der Waals surface area contributed by atoms with Gasteiger partial charge >= 0.3 is 0 Å². The molecule has 0 aliphatic rings. The number of thiol groups is 1. The Bertz CT molecular complexity index is 193. The Kier molecular flexibility index (Phi) is 2.13. The van der Waals surface area contributed by atoms with Gasteiger partial charge < -0.3 is 0 Å². The predicted octanol–water partition coefficient (Wildman–Crippen LogP) is 2.56. The van der Waals surface area contributed by atoms with Crippen molar-refractivity contribution in [3.05, 3.63) is 11.2 Å². The van der Waals surface area contributed by atoms with Crippen LogP contribution >= 0.6 is 24.0 Å². The quantitative estimate of drug-likeness (QED) is 0.621. The van der Waals surface area contributed by atoms with Crippen molar-refractivity contribution in [1.29, 1.82) is 0 Å². The van der Waals surface area contributed by atoms with Gasteiger partial charge in [0.05, 0.1) is 15.4 Å². The molecule has 9 heavy (non-hydrogen) atoms. The van der Waals surface area contributed by atoms with Crippen LogP contribution in [0.4, 0.5) is 0 Å². The molecular formula is C6H9NS2. The van der Waals surface area contributed by atoms with Crippen molar-refractivity contribution in [2.24, 2.45) is 0 Å². The van der Waals surface area contributed by atoms with Crippen LogP contribution in [-0.4, -0.2) is 4.98 Å². The molecule has 0 bridgehead atoms. The zero-order valence-corrected chi connectivity index (χ0v) is 7.17. The summed E-state index contributed by atoms with van der Waals surface area (Å²) >= 11 is 5.80. The third kappa shape index (κ3) is 1.69. The van der Waals surface area contributed by atoms with Crippen LogP contribution < -0.4 is 0 Å². The fourth-order valence-electron chi connectivity index (χ4n) is 0.546. The number of thiazole rings is 1. The molecule has 1 nitrogen and oxygen atoms in total. The molecule has 50 valence electrons. The normalized spacial score (nSPS) is 10.7. The van der Waals surface area contributed by atoms with Gasteiger partial charge in [0.25, 0.3) is 0 Å². The first-order chi connectivity index (χ1) is 4.20. The molecule has 0 aliphatic carbocycles. The van der Waals surface area contributed by atoms with E-state index in [4.69, 9.17) is 0 Å². The first-order valence-electron chi connectivity index (χ1n) is 2.85. The molecule has 0 unspecified atom stereocenters. The number of rotatable bonds is 1. The Morgan fingerprint density at radius 2 is 2.33 bits per heavy atom. The predicted molar refractivity (Wildman–Crippen MR) is 43.5 cm³/mol. The molecule has 0 radical (unpaired) electrons. The second-order valence-corrected chi connectivity index (χ2v) is 4.04. The van der Waals surface area contributed by atoms with Crippen molar-refractivity contribution in [1.82, 2.24) is 4.98 Å². The lowest BCUT2D eigenvalue weighted by Crippen LogP contribution is -1.81. The Morgan fingerprint density at radius 1 is 1.67 bits per heavy atom. The summed E-state index contributed by atoms with van der Waals surface area (Å²) in [7, 11) is 0. The highest BCUT2D eigenvalue weighted by Crippen LogP contribution is 2.22. The van der Waals surface area contributed by atoms with E-state index < -0.39 is 0 Å². The van der Waals surface area contributed by atoms with E-state index in [-0.39, 0.29) is 0 Å². The van der Waals surface area contributed by atoms with Gasteiger partial charge in [-0.05, 0) is 0 Å². The maximum atomic E-state index is 4.16. The minimum absolute atomic E-state index is 0.538. The van der Waals surface area contributed by atoms with Gasteiger partial charge in [-0.1, -0.05) is 13.8 Å². The first kappa shape index (κ1) is 7.09. The van der Waals surface area contributed by atoms with Crippen LogP contribution in [0.2, 0.25) is 0 Å². The molecule has 0 saturated heterocycles. The third-order valence-corrected chi connectivity index (χ3v) is 2.50. The summed E-state index contributed by atoms with van der Waals surface area (Å²) in [5.41, 5.74) is 0. The lowest BCUT2D eigenvalue weighted by molar-refractivity contribution is 0.852. The number of hydrogen-bond acceptors (Lipinski definition) is 3. The minimum atomic E-state index is 0.538. The fraction of sp³-hybridized carbons (Fsp3) is 0.500. The van der Waals surface area contributed by atoms with E-state index >= 15 is 0 Å². The molecule has 1 aromatic heterocycles. The van der Waals surface area contributed by atoms with E-state index in [1.165, 1.54) is 5.01 Å². The standard InChI is InChI=1S/C6H9NS2/c1-4(2)6-7-3-5(8)9-6/h3-4,8H,1-2H3. The summed E-state index contributed by atoms with van der Waals surface area (Å²) in [5.74, 6) is 0.538. The van der Waals surface area contributed by atoms with Gasteiger partial charge in [-0.15, -0.1) is 24.0 Å². The minimum Gasteiger partial charge on any atom is -0.248 e. The second kappa shape index (κ2) is 2.71. The molecule has 0 amide bonds. The molecule has 0 atom stereocenters. The van der Waals surface area contributed by atoms with Crippen LogP contribution in [0.5, 0.6) is 0 Å². The summed E-state index contributed by atoms with van der Waals surface area (Å²) in [6, 6.07) is 0. The van der Waals surface area contributed by atoms with E-state index in [0.29, 0.717) is 5.92 Å². The lowest BCUT2D eigenvalue weighted by Gasteiger charge is -1.94. The highest BCUT2D eigenvalue weighted by molar-refractivity contribution is 7.82. The third-order valence-electron chi connectivity index (χ3n) is 1.01. The second-order valence-electron chi connectivity index (χ2n) is 2.19. The number of hydrogen-bond donors (Lipinski definition) is 1. The Balaban J connectivity index is 2.85. The van der Waals surface area contributed by atoms with Crippen molar-refractivity contribution in [3.63, 3.8) is 0 Å². The zero-order valence-electron chi connectivity index (χ0n) is 5.46. The summed E-state index contributed by atoms with van der Waals surface area (Å²) in [4.78, 5) is 4.16. The Morgan fingerprint density at radius 3 is 2.56 bits per heavy atom. The number of aromatic nitrogens is 1. The Labute approximate surface area is 64.5 Å². The Hall–Kier alpha value is -0.0200. The van der Waals surface area contributed by atoms with Gasteiger partial charge in [0.1, 0.15) is 0 Å². The molecule has 0 N–H and O–H groups in total. The van der Waals surface area contributed by atoms with Gasteiger partial charge in [0.2, 0.25) is 0 Å². The average molecular weight is 159 g/mol. The van der Waals surface area contributed by atoms with E-state index in [1.54, 1.807) is 17.5 Å². The molecule has 0 fully saturated rings. The van der Waals surface area contributed by atoms with Gasteiger partial charge in [-0.25, -0.2) is 4.98 Å². The average Bonchev–Trinajstić information content (AvgIpc) is 2.14. The molecule has 1 aromatic rings. The SMILES string of the molecule is CC(C)c1ncc(S)s1. The van der Waals surface area contributed by atoms with Crippen LogP contribution in [0.25, 0.3) is 0 Å². The maximum Gasteiger partial charge on any atom is 0.0961 e. The summed E-state index contributed by atoms with van der Waals surface area (Å²) < 4.78 is 0.999. The van der Waals surface area contributed by atoms with Gasteiger partial charge in [0, 0.05) is 5.92 Å².